The largest absolute Gasteiger partial charge is 0.497 e. The second-order valence-electron chi connectivity index (χ2n) is 7.36. The zero-order chi connectivity index (χ0) is 22.1. The molecule has 1 atom stereocenters. The number of rotatable bonds is 10. The summed E-state index contributed by atoms with van der Waals surface area (Å²) < 4.78 is 10.8. The second-order valence-corrected chi connectivity index (χ2v) is 7.36. The lowest BCUT2D eigenvalue weighted by Gasteiger charge is -2.18. The lowest BCUT2D eigenvalue weighted by Crippen LogP contribution is -2.40. The SMILES string of the molecule is CN=C(NCCCc1cc2c(OC)cc(OC)cc2[nH]1)NCC(CO)c1ccccc1. The van der Waals surface area contributed by atoms with E-state index in [-0.39, 0.29) is 12.5 Å². The number of aromatic amines is 1. The smallest absolute Gasteiger partial charge is 0.190 e. The predicted octanol–water partition coefficient (Wildman–Crippen LogP) is 3.06. The molecule has 0 radical (unpaired) electrons. The second kappa shape index (κ2) is 11.3. The molecule has 1 heterocycles. The van der Waals surface area contributed by atoms with Crippen molar-refractivity contribution < 1.29 is 14.6 Å². The Labute approximate surface area is 183 Å². The van der Waals surface area contributed by atoms with Crippen LogP contribution in [0.2, 0.25) is 0 Å². The van der Waals surface area contributed by atoms with Crippen molar-refractivity contribution in [3.63, 3.8) is 0 Å². The molecule has 1 aromatic heterocycles. The minimum Gasteiger partial charge on any atom is -0.497 e. The Morgan fingerprint density at radius 2 is 1.90 bits per heavy atom. The Kier molecular flexibility index (Phi) is 8.18. The number of nitrogens with zero attached hydrogens (tertiary/aromatic N) is 1. The van der Waals surface area contributed by atoms with Gasteiger partial charge >= 0.3 is 0 Å². The molecule has 3 aromatic rings. The number of nitrogens with one attached hydrogen (secondary N) is 3. The maximum absolute atomic E-state index is 9.71. The lowest BCUT2D eigenvalue weighted by atomic mass is 10.0. The van der Waals surface area contributed by atoms with Gasteiger partial charge in [0.2, 0.25) is 0 Å². The molecular weight excluding hydrogens is 392 g/mol. The number of aromatic nitrogens is 1. The van der Waals surface area contributed by atoms with Gasteiger partial charge in [-0.05, 0) is 24.5 Å². The number of ether oxygens (including phenoxy) is 2. The van der Waals surface area contributed by atoms with Crippen LogP contribution in [-0.4, -0.2) is 57.0 Å². The van der Waals surface area contributed by atoms with E-state index in [1.165, 1.54) is 0 Å². The highest BCUT2D eigenvalue weighted by Crippen LogP contribution is 2.31. The molecule has 0 fully saturated rings. The first kappa shape index (κ1) is 22.5. The minimum atomic E-state index is 0.0260. The molecule has 3 rings (SSSR count). The predicted molar refractivity (Wildman–Crippen MR) is 125 cm³/mol. The van der Waals surface area contributed by atoms with Gasteiger partial charge < -0.3 is 30.2 Å². The molecule has 7 heteroatoms. The maximum Gasteiger partial charge on any atom is 0.190 e. The summed E-state index contributed by atoms with van der Waals surface area (Å²) in [6, 6.07) is 16.0. The van der Waals surface area contributed by atoms with Crippen LogP contribution < -0.4 is 20.1 Å². The zero-order valence-electron chi connectivity index (χ0n) is 18.4. The van der Waals surface area contributed by atoms with Crippen LogP contribution in [0, 0.1) is 0 Å². The van der Waals surface area contributed by atoms with Crippen LogP contribution in [0.15, 0.2) is 53.5 Å². The van der Waals surface area contributed by atoms with Crippen LogP contribution in [0.1, 0.15) is 23.6 Å². The van der Waals surface area contributed by atoms with Crippen molar-refractivity contribution in [2.45, 2.75) is 18.8 Å². The summed E-state index contributed by atoms with van der Waals surface area (Å²) in [6.45, 7) is 1.48. The van der Waals surface area contributed by atoms with E-state index in [9.17, 15) is 5.11 Å². The van der Waals surface area contributed by atoms with Gasteiger partial charge in [-0.15, -0.1) is 0 Å². The highest BCUT2D eigenvalue weighted by molar-refractivity contribution is 5.88. The van der Waals surface area contributed by atoms with Crippen LogP contribution in [0.4, 0.5) is 0 Å². The van der Waals surface area contributed by atoms with Crippen molar-refractivity contribution in [3.05, 3.63) is 59.8 Å². The third-order valence-corrected chi connectivity index (χ3v) is 5.33. The third-order valence-electron chi connectivity index (χ3n) is 5.33. The van der Waals surface area contributed by atoms with Gasteiger partial charge in [0, 0.05) is 49.3 Å². The first-order valence-electron chi connectivity index (χ1n) is 10.5. The number of aryl methyl sites for hydroxylation is 1. The summed E-state index contributed by atoms with van der Waals surface area (Å²) in [5, 5.41) is 17.4. The highest BCUT2D eigenvalue weighted by atomic mass is 16.5. The Morgan fingerprint density at radius 3 is 2.58 bits per heavy atom. The Morgan fingerprint density at radius 1 is 1.10 bits per heavy atom. The molecule has 0 aliphatic heterocycles. The molecule has 0 aliphatic carbocycles. The highest BCUT2D eigenvalue weighted by Gasteiger charge is 2.11. The fraction of sp³-hybridized carbons (Fsp3) is 0.375. The van der Waals surface area contributed by atoms with Crippen molar-refractivity contribution >= 4 is 16.9 Å². The van der Waals surface area contributed by atoms with Crippen molar-refractivity contribution in [1.82, 2.24) is 15.6 Å². The Hall–Kier alpha value is -3.19. The fourth-order valence-electron chi connectivity index (χ4n) is 3.60. The summed E-state index contributed by atoms with van der Waals surface area (Å²) in [5.41, 5.74) is 3.27. The van der Waals surface area contributed by atoms with Crippen molar-refractivity contribution in [1.29, 1.82) is 0 Å². The van der Waals surface area contributed by atoms with Crippen molar-refractivity contribution in [2.24, 2.45) is 4.99 Å². The molecule has 4 N–H and O–H groups in total. The molecule has 31 heavy (non-hydrogen) atoms. The van der Waals surface area contributed by atoms with E-state index in [2.05, 4.69) is 26.7 Å². The number of guanidine groups is 1. The van der Waals surface area contributed by atoms with E-state index >= 15 is 0 Å². The quantitative estimate of drug-likeness (QED) is 0.228. The van der Waals surface area contributed by atoms with E-state index in [4.69, 9.17) is 9.47 Å². The van der Waals surface area contributed by atoms with Gasteiger partial charge in [-0.2, -0.15) is 0 Å². The van der Waals surface area contributed by atoms with Crippen LogP contribution in [0.5, 0.6) is 11.5 Å². The zero-order valence-corrected chi connectivity index (χ0v) is 18.4. The first-order valence-corrected chi connectivity index (χ1v) is 10.5. The van der Waals surface area contributed by atoms with Gasteiger partial charge in [0.05, 0.1) is 26.3 Å². The summed E-state index contributed by atoms with van der Waals surface area (Å²) in [4.78, 5) is 7.74. The summed E-state index contributed by atoms with van der Waals surface area (Å²) >= 11 is 0. The minimum absolute atomic E-state index is 0.0260. The van der Waals surface area contributed by atoms with E-state index in [0.717, 1.165) is 59.0 Å². The molecule has 0 saturated carbocycles. The normalized spacial score (nSPS) is 12.6. The molecule has 0 spiro atoms. The molecule has 0 saturated heterocycles. The summed E-state index contributed by atoms with van der Waals surface area (Å²) in [6.07, 6.45) is 1.84. The molecule has 7 nitrogen and oxygen atoms in total. The van der Waals surface area contributed by atoms with E-state index in [0.29, 0.717) is 6.54 Å². The summed E-state index contributed by atoms with van der Waals surface area (Å²) in [5.74, 6) is 2.33. The number of aliphatic imine (C=N–C) groups is 1. The number of benzene rings is 2. The molecule has 2 aromatic carbocycles. The molecule has 166 valence electrons. The number of fused-ring (bicyclic) bond motifs is 1. The van der Waals surface area contributed by atoms with Crippen LogP contribution in [0.25, 0.3) is 10.9 Å². The lowest BCUT2D eigenvalue weighted by molar-refractivity contribution is 0.265. The maximum atomic E-state index is 9.71. The molecule has 0 aliphatic rings. The number of hydrogen-bond donors (Lipinski definition) is 4. The van der Waals surface area contributed by atoms with E-state index in [1.54, 1.807) is 21.3 Å². The Balaban J connectivity index is 1.49. The average Bonchev–Trinajstić information content (AvgIpc) is 3.23. The van der Waals surface area contributed by atoms with Gasteiger partial charge in [0.25, 0.3) is 0 Å². The van der Waals surface area contributed by atoms with E-state index < -0.39 is 0 Å². The fourth-order valence-corrected chi connectivity index (χ4v) is 3.60. The van der Waals surface area contributed by atoms with Crippen LogP contribution in [-0.2, 0) is 6.42 Å². The van der Waals surface area contributed by atoms with Gasteiger partial charge in [-0.1, -0.05) is 30.3 Å². The summed E-state index contributed by atoms with van der Waals surface area (Å²) in [7, 11) is 5.07. The van der Waals surface area contributed by atoms with Gasteiger partial charge in [0.15, 0.2) is 5.96 Å². The van der Waals surface area contributed by atoms with Crippen LogP contribution >= 0.6 is 0 Å². The van der Waals surface area contributed by atoms with Gasteiger partial charge in [-0.25, -0.2) is 0 Å². The number of aliphatic hydroxyl groups excluding tert-OH is 1. The van der Waals surface area contributed by atoms with Crippen LogP contribution in [0.3, 0.4) is 0 Å². The first-order chi connectivity index (χ1) is 15.2. The number of hydrogen-bond acceptors (Lipinski definition) is 4. The number of methoxy groups -OCH3 is 2. The average molecular weight is 425 g/mol. The van der Waals surface area contributed by atoms with Crippen molar-refractivity contribution in [2.75, 3.05) is 41.0 Å². The number of aliphatic hydroxyl groups is 1. The number of H-pyrrole nitrogens is 1. The Bertz CT molecular complexity index is 985. The van der Waals surface area contributed by atoms with Gasteiger partial charge in [0.1, 0.15) is 11.5 Å². The monoisotopic (exact) mass is 424 g/mol. The topological polar surface area (TPSA) is 90.9 Å². The van der Waals surface area contributed by atoms with Gasteiger partial charge in [-0.3, -0.25) is 4.99 Å². The van der Waals surface area contributed by atoms with Crippen molar-refractivity contribution in [3.8, 4) is 11.5 Å². The third kappa shape index (κ3) is 5.92. The molecule has 0 bridgehead atoms. The van der Waals surface area contributed by atoms with E-state index in [1.807, 2.05) is 42.5 Å². The molecule has 1 unspecified atom stereocenters. The molecule has 0 amide bonds. The molecular formula is C24H32N4O3. The standard InChI is InChI=1S/C24H32N4O3/c1-25-24(27-15-18(16-29)17-8-5-4-6-9-17)26-11-7-10-19-12-21-22(28-19)13-20(30-2)14-23(21)31-3/h4-6,8-9,12-14,18,28-29H,7,10-11,15-16H2,1-3H3,(H2,25,26,27).